The Labute approximate surface area is 123 Å². The molecule has 2 rings (SSSR count). The van der Waals surface area contributed by atoms with Gasteiger partial charge < -0.3 is 5.32 Å². The molecule has 21 heavy (non-hydrogen) atoms. The molecule has 2 aromatic rings. The third-order valence-electron chi connectivity index (χ3n) is 2.97. The first-order valence-corrected chi connectivity index (χ1v) is 7.18. The van der Waals surface area contributed by atoms with Gasteiger partial charge in [0.25, 0.3) is 0 Å². The Hall–Kier alpha value is -1.47. The lowest BCUT2D eigenvalue weighted by Crippen LogP contribution is -2.07. The molecule has 1 aromatic carbocycles. The fraction of sp³-hybridized carbons (Fsp3) is 0.357. The predicted molar refractivity (Wildman–Crippen MR) is 74.7 cm³/mol. The van der Waals surface area contributed by atoms with Crippen molar-refractivity contribution in [2.45, 2.75) is 26.1 Å². The monoisotopic (exact) mass is 318 g/mol. The average Bonchev–Trinajstić information content (AvgIpc) is 2.81. The number of aryl methyl sites for hydroxylation is 1. The van der Waals surface area contributed by atoms with Gasteiger partial charge >= 0.3 is 6.18 Å². The third-order valence-corrected chi connectivity index (χ3v) is 4.10. The van der Waals surface area contributed by atoms with Crippen LogP contribution in [0.4, 0.5) is 17.6 Å². The minimum absolute atomic E-state index is 0.198. The minimum atomic E-state index is -4.54. The van der Waals surface area contributed by atoms with Crippen LogP contribution in [0.2, 0.25) is 0 Å². The van der Waals surface area contributed by atoms with Gasteiger partial charge in [-0.15, -0.1) is 11.3 Å². The zero-order valence-corrected chi connectivity index (χ0v) is 12.3. The Kier molecular flexibility index (Phi) is 4.63. The van der Waals surface area contributed by atoms with E-state index in [1.807, 2.05) is 6.92 Å². The van der Waals surface area contributed by atoms with Crippen LogP contribution in [-0.2, 0) is 19.1 Å². The van der Waals surface area contributed by atoms with Crippen LogP contribution in [0.3, 0.4) is 0 Å². The van der Waals surface area contributed by atoms with Gasteiger partial charge in [0.15, 0.2) is 0 Å². The molecular formula is C14H14F4N2S. The van der Waals surface area contributed by atoms with Gasteiger partial charge in [0, 0.05) is 17.0 Å². The van der Waals surface area contributed by atoms with Crippen molar-refractivity contribution in [3.63, 3.8) is 0 Å². The lowest BCUT2D eigenvalue weighted by molar-refractivity contribution is -0.137. The molecule has 0 saturated carbocycles. The van der Waals surface area contributed by atoms with Crippen LogP contribution in [0.25, 0.3) is 10.6 Å². The highest BCUT2D eigenvalue weighted by Crippen LogP contribution is 2.39. The molecule has 0 aliphatic heterocycles. The molecule has 2 nitrogen and oxygen atoms in total. The van der Waals surface area contributed by atoms with E-state index in [4.69, 9.17) is 0 Å². The highest BCUT2D eigenvalue weighted by atomic mass is 32.1. The Morgan fingerprint density at radius 1 is 1.29 bits per heavy atom. The molecule has 0 spiro atoms. The summed E-state index contributed by atoms with van der Waals surface area (Å²) in [6, 6.07) is 2.47. The van der Waals surface area contributed by atoms with E-state index in [2.05, 4.69) is 10.3 Å². The molecular weight excluding hydrogens is 304 g/mol. The third kappa shape index (κ3) is 3.41. The van der Waals surface area contributed by atoms with Gasteiger partial charge in [-0.25, -0.2) is 9.37 Å². The van der Waals surface area contributed by atoms with E-state index < -0.39 is 17.6 Å². The van der Waals surface area contributed by atoms with Crippen molar-refractivity contribution in [1.82, 2.24) is 10.3 Å². The summed E-state index contributed by atoms with van der Waals surface area (Å²) >= 11 is 1.16. The van der Waals surface area contributed by atoms with Crippen LogP contribution in [0.5, 0.6) is 0 Å². The largest absolute Gasteiger partial charge is 0.417 e. The fourth-order valence-corrected chi connectivity index (χ4v) is 3.21. The van der Waals surface area contributed by atoms with Crippen molar-refractivity contribution < 1.29 is 17.6 Å². The summed E-state index contributed by atoms with van der Waals surface area (Å²) in [6.45, 7) is 2.41. The SMILES string of the molecule is CCc1nc(-c2cc(F)ccc2C(F)(F)F)sc1CNC. The summed E-state index contributed by atoms with van der Waals surface area (Å²) in [6.07, 6.45) is -3.92. The highest BCUT2D eigenvalue weighted by Gasteiger charge is 2.34. The number of thiazole rings is 1. The van der Waals surface area contributed by atoms with Crippen LogP contribution in [0, 0.1) is 5.82 Å². The summed E-state index contributed by atoms with van der Waals surface area (Å²) in [7, 11) is 1.75. The van der Waals surface area contributed by atoms with E-state index >= 15 is 0 Å². The number of nitrogens with one attached hydrogen (secondary N) is 1. The van der Waals surface area contributed by atoms with Crippen LogP contribution < -0.4 is 5.32 Å². The van der Waals surface area contributed by atoms with E-state index in [0.29, 0.717) is 13.0 Å². The first-order valence-electron chi connectivity index (χ1n) is 6.37. The van der Waals surface area contributed by atoms with E-state index in [1.54, 1.807) is 7.05 Å². The second-order valence-corrected chi connectivity index (χ2v) is 5.54. The van der Waals surface area contributed by atoms with E-state index in [0.717, 1.165) is 40.1 Å². The van der Waals surface area contributed by atoms with Gasteiger partial charge in [0.1, 0.15) is 10.8 Å². The molecule has 0 amide bonds. The molecule has 0 saturated heterocycles. The molecule has 0 fully saturated rings. The Morgan fingerprint density at radius 2 is 2.00 bits per heavy atom. The van der Waals surface area contributed by atoms with Crippen LogP contribution in [0.15, 0.2) is 18.2 Å². The van der Waals surface area contributed by atoms with Crippen molar-refractivity contribution in [3.05, 3.63) is 40.2 Å². The smallest absolute Gasteiger partial charge is 0.315 e. The summed E-state index contributed by atoms with van der Waals surface area (Å²) in [5, 5.41) is 3.15. The van der Waals surface area contributed by atoms with Gasteiger partial charge in [0.05, 0.1) is 11.3 Å². The number of halogens is 4. The quantitative estimate of drug-likeness (QED) is 0.853. The van der Waals surface area contributed by atoms with E-state index in [1.165, 1.54) is 0 Å². The summed E-state index contributed by atoms with van der Waals surface area (Å²) in [4.78, 5) is 5.11. The van der Waals surface area contributed by atoms with Crippen molar-refractivity contribution in [2.75, 3.05) is 7.05 Å². The number of benzene rings is 1. The maximum Gasteiger partial charge on any atom is 0.417 e. The molecule has 0 unspecified atom stereocenters. The molecule has 114 valence electrons. The molecule has 7 heteroatoms. The number of hydrogen-bond acceptors (Lipinski definition) is 3. The van der Waals surface area contributed by atoms with Crippen LogP contribution >= 0.6 is 11.3 Å². The number of aromatic nitrogens is 1. The van der Waals surface area contributed by atoms with Crippen molar-refractivity contribution in [1.29, 1.82) is 0 Å². The van der Waals surface area contributed by atoms with Crippen molar-refractivity contribution >= 4 is 11.3 Å². The molecule has 0 aliphatic rings. The second kappa shape index (κ2) is 6.11. The Bertz CT molecular complexity index is 634. The summed E-state index contributed by atoms with van der Waals surface area (Å²) in [5.74, 6) is -0.707. The molecule has 0 bridgehead atoms. The number of nitrogens with zero attached hydrogens (tertiary/aromatic N) is 1. The summed E-state index contributed by atoms with van der Waals surface area (Å²) < 4.78 is 52.5. The van der Waals surface area contributed by atoms with Gasteiger partial charge in [0.2, 0.25) is 0 Å². The first kappa shape index (κ1) is 15.9. The lowest BCUT2D eigenvalue weighted by atomic mass is 10.1. The maximum absolute atomic E-state index is 13.4. The van der Waals surface area contributed by atoms with Crippen LogP contribution in [-0.4, -0.2) is 12.0 Å². The normalized spacial score (nSPS) is 11.9. The van der Waals surface area contributed by atoms with Gasteiger partial charge in [-0.05, 0) is 31.7 Å². The van der Waals surface area contributed by atoms with Crippen LogP contribution in [0.1, 0.15) is 23.1 Å². The average molecular weight is 318 g/mol. The lowest BCUT2D eigenvalue weighted by Gasteiger charge is -2.10. The first-order chi connectivity index (χ1) is 9.86. The number of rotatable bonds is 4. The molecule has 0 aliphatic carbocycles. The number of alkyl halides is 3. The van der Waals surface area contributed by atoms with Crippen molar-refractivity contribution in [3.8, 4) is 10.6 Å². The fourth-order valence-electron chi connectivity index (χ4n) is 2.01. The van der Waals surface area contributed by atoms with Crippen molar-refractivity contribution in [2.24, 2.45) is 0 Å². The molecule has 1 N–H and O–H groups in total. The second-order valence-electron chi connectivity index (χ2n) is 4.46. The topological polar surface area (TPSA) is 24.9 Å². The predicted octanol–water partition coefficient (Wildman–Crippen LogP) is 4.25. The number of hydrogen-bond donors (Lipinski definition) is 1. The standard InChI is InChI=1S/C14H14F4N2S/c1-3-11-12(7-19-2)21-13(20-11)9-6-8(15)4-5-10(9)14(16,17)18/h4-6,19H,3,7H2,1-2H3. The molecule has 0 radical (unpaired) electrons. The highest BCUT2D eigenvalue weighted by molar-refractivity contribution is 7.15. The molecule has 1 aromatic heterocycles. The Balaban J connectivity index is 2.58. The molecule has 1 heterocycles. The molecule has 0 atom stereocenters. The van der Waals surface area contributed by atoms with Gasteiger partial charge in [-0.3, -0.25) is 0 Å². The summed E-state index contributed by atoms with van der Waals surface area (Å²) in [5.41, 5.74) is -0.331. The van der Waals surface area contributed by atoms with Gasteiger partial charge in [-0.1, -0.05) is 6.92 Å². The zero-order valence-electron chi connectivity index (χ0n) is 11.5. The van der Waals surface area contributed by atoms with E-state index in [9.17, 15) is 17.6 Å². The Morgan fingerprint density at radius 3 is 2.57 bits per heavy atom. The van der Waals surface area contributed by atoms with E-state index in [-0.39, 0.29) is 10.6 Å². The van der Waals surface area contributed by atoms with Gasteiger partial charge in [-0.2, -0.15) is 13.2 Å². The minimum Gasteiger partial charge on any atom is -0.315 e. The zero-order chi connectivity index (χ0) is 15.6. The maximum atomic E-state index is 13.4.